The van der Waals surface area contributed by atoms with Gasteiger partial charge in [0.15, 0.2) is 0 Å². The molecule has 1 N–H and O–H groups in total. The summed E-state index contributed by atoms with van der Waals surface area (Å²) in [4.78, 5) is 0. The van der Waals surface area contributed by atoms with Crippen molar-refractivity contribution in [3.8, 4) is 0 Å². The van der Waals surface area contributed by atoms with E-state index in [1.807, 2.05) is 0 Å². The molecular formula is C16H21F2N. The Hall–Kier alpha value is -0.960. The molecule has 0 radical (unpaired) electrons. The number of hydrogen-bond donors (Lipinski definition) is 1. The standard InChI is InChI=1S/C16H21F2N/c1-2-19-16(12-7-10-6-11(10)8-12)9-13-14(17)4-3-5-15(13)18/h3-5,10-12,16,19H,2,6-9H2,1H3. The summed E-state index contributed by atoms with van der Waals surface area (Å²) in [7, 11) is 0. The van der Waals surface area contributed by atoms with Crippen LogP contribution in [0.15, 0.2) is 18.2 Å². The quantitative estimate of drug-likeness (QED) is 0.858. The maximum atomic E-state index is 13.8. The smallest absolute Gasteiger partial charge is 0.129 e. The average molecular weight is 265 g/mol. The molecule has 104 valence electrons. The van der Waals surface area contributed by atoms with Crippen LogP contribution in [0.4, 0.5) is 8.78 Å². The first-order chi connectivity index (χ1) is 9.19. The molecule has 0 aromatic heterocycles. The van der Waals surface area contributed by atoms with Crippen LogP contribution in [0.2, 0.25) is 0 Å². The summed E-state index contributed by atoms with van der Waals surface area (Å²) < 4.78 is 27.5. The highest BCUT2D eigenvalue weighted by Gasteiger charge is 2.47. The summed E-state index contributed by atoms with van der Waals surface area (Å²) >= 11 is 0. The predicted octanol–water partition coefficient (Wildman–Crippen LogP) is 3.53. The third-order valence-corrected chi connectivity index (χ3v) is 4.80. The Morgan fingerprint density at radius 1 is 1.16 bits per heavy atom. The minimum atomic E-state index is -0.411. The van der Waals surface area contributed by atoms with Crippen LogP contribution in [0, 0.1) is 29.4 Å². The number of hydrogen-bond acceptors (Lipinski definition) is 1. The molecular weight excluding hydrogens is 244 g/mol. The lowest BCUT2D eigenvalue weighted by atomic mass is 9.89. The van der Waals surface area contributed by atoms with Crippen molar-refractivity contribution >= 4 is 0 Å². The van der Waals surface area contributed by atoms with E-state index in [0.29, 0.717) is 12.3 Å². The van der Waals surface area contributed by atoms with Gasteiger partial charge < -0.3 is 5.32 Å². The molecule has 3 rings (SSSR count). The Labute approximate surface area is 113 Å². The second-order valence-corrected chi connectivity index (χ2v) is 6.06. The molecule has 3 atom stereocenters. The third kappa shape index (κ3) is 2.66. The van der Waals surface area contributed by atoms with Crippen LogP contribution in [0.1, 0.15) is 31.7 Å². The van der Waals surface area contributed by atoms with Gasteiger partial charge >= 0.3 is 0 Å². The first-order valence-corrected chi connectivity index (χ1v) is 7.35. The van der Waals surface area contributed by atoms with E-state index in [2.05, 4.69) is 12.2 Å². The largest absolute Gasteiger partial charge is 0.314 e. The summed E-state index contributed by atoms with van der Waals surface area (Å²) in [5, 5.41) is 3.44. The van der Waals surface area contributed by atoms with E-state index in [4.69, 9.17) is 0 Å². The van der Waals surface area contributed by atoms with Gasteiger partial charge in [-0.05, 0) is 62.1 Å². The molecule has 2 fully saturated rings. The van der Waals surface area contributed by atoms with Crippen molar-refractivity contribution in [1.29, 1.82) is 0 Å². The molecule has 0 aliphatic heterocycles. The zero-order valence-corrected chi connectivity index (χ0v) is 11.3. The highest BCUT2D eigenvalue weighted by Crippen LogP contribution is 2.55. The average Bonchev–Trinajstić information content (AvgIpc) is 2.99. The van der Waals surface area contributed by atoms with Crippen LogP contribution in [0.3, 0.4) is 0 Å². The maximum Gasteiger partial charge on any atom is 0.129 e. The number of benzene rings is 1. The number of nitrogens with one attached hydrogen (secondary N) is 1. The topological polar surface area (TPSA) is 12.0 Å². The van der Waals surface area contributed by atoms with Crippen molar-refractivity contribution < 1.29 is 8.78 Å². The van der Waals surface area contributed by atoms with Crippen LogP contribution in [-0.4, -0.2) is 12.6 Å². The predicted molar refractivity (Wildman–Crippen MR) is 71.8 cm³/mol. The highest BCUT2D eigenvalue weighted by atomic mass is 19.1. The van der Waals surface area contributed by atoms with Gasteiger partial charge in [-0.3, -0.25) is 0 Å². The Kier molecular flexibility index (Phi) is 3.57. The normalized spacial score (nSPS) is 30.2. The fourth-order valence-corrected chi connectivity index (χ4v) is 3.71. The van der Waals surface area contributed by atoms with Crippen molar-refractivity contribution in [2.24, 2.45) is 17.8 Å². The second kappa shape index (κ2) is 5.20. The minimum absolute atomic E-state index is 0.212. The molecule has 3 heteroatoms. The van der Waals surface area contributed by atoms with E-state index in [-0.39, 0.29) is 11.6 Å². The minimum Gasteiger partial charge on any atom is -0.314 e. The first-order valence-electron chi connectivity index (χ1n) is 7.35. The van der Waals surface area contributed by atoms with Crippen molar-refractivity contribution in [3.05, 3.63) is 35.4 Å². The van der Waals surface area contributed by atoms with Gasteiger partial charge in [0.1, 0.15) is 11.6 Å². The molecule has 19 heavy (non-hydrogen) atoms. The molecule has 2 saturated carbocycles. The van der Waals surface area contributed by atoms with Crippen molar-refractivity contribution in [1.82, 2.24) is 5.32 Å². The number of fused-ring (bicyclic) bond motifs is 1. The molecule has 2 aliphatic rings. The molecule has 1 aromatic rings. The highest BCUT2D eigenvalue weighted by molar-refractivity contribution is 5.21. The molecule has 0 spiro atoms. The van der Waals surface area contributed by atoms with E-state index < -0.39 is 11.6 Å². The van der Waals surface area contributed by atoms with Gasteiger partial charge in [-0.2, -0.15) is 0 Å². The summed E-state index contributed by atoms with van der Waals surface area (Å²) in [6, 6.07) is 4.35. The van der Waals surface area contributed by atoms with E-state index in [9.17, 15) is 8.78 Å². The van der Waals surface area contributed by atoms with E-state index in [0.717, 1.165) is 18.4 Å². The molecule has 0 heterocycles. The zero-order chi connectivity index (χ0) is 13.4. The Morgan fingerprint density at radius 3 is 2.37 bits per heavy atom. The van der Waals surface area contributed by atoms with Crippen molar-refractivity contribution in [2.75, 3.05) is 6.54 Å². The fraction of sp³-hybridized carbons (Fsp3) is 0.625. The van der Waals surface area contributed by atoms with Gasteiger partial charge in [0.2, 0.25) is 0 Å². The van der Waals surface area contributed by atoms with Gasteiger partial charge in [0.25, 0.3) is 0 Å². The van der Waals surface area contributed by atoms with E-state index >= 15 is 0 Å². The molecule has 0 bridgehead atoms. The van der Waals surface area contributed by atoms with Gasteiger partial charge in [-0.25, -0.2) is 8.78 Å². The summed E-state index contributed by atoms with van der Waals surface area (Å²) in [6.07, 6.45) is 4.32. The summed E-state index contributed by atoms with van der Waals surface area (Å²) in [5.41, 5.74) is 0.244. The third-order valence-electron chi connectivity index (χ3n) is 4.80. The van der Waals surface area contributed by atoms with Crippen LogP contribution >= 0.6 is 0 Å². The molecule has 3 unspecified atom stereocenters. The zero-order valence-electron chi connectivity index (χ0n) is 11.3. The van der Waals surface area contributed by atoms with Gasteiger partial charge in [-0.15, -0.1) is 0 Å². The molecule has 1 nitrogen and oxygen atoms in total. The van der Waals surface area contributed by atoms with E-state index in [1.54, 1.807) is 0 Å². The van der Waals surface area contributed by atoms with Crippen molar-refractivity contribution in [2.45, 2.75) is 38.6 Å². The molecule has 0 saturated heterocycles. The van der Waals surface area contributed by atoms with Gasteiger partial charge in [0, 0.05) is 11.6 Å². The Bertz CT molecular complexity index is 430. The Morgan fingerprint density at radius 2 is 1.79 bits per heavy atom. The maximum absolute atomic E-state index is 13.8. The van der Waals surface area contributed by atoms with E-state index in [1.165, 1.54) is 37.5 Å². The number of halogens is 2. The van der Waals surface area contributed by atoms with Crippen molar-refractivity contribution in [3.63, 3.8) is 0 Å². The van der Waals surface area contributed by atoms with Crippen LogP contribution < -0.4 is 5.32 Å². The molecule has 1 aromatic carbocycles. The van der Waals surface area contributed by atoms with Gasteiger partial charge in [0.05, 0.1) is 0 Å². The lowest BCUT2D eigenvalue weighted by Gasteiger charge is -2.26. The van der Waals surface area contributed by atoms with Crippen LogP contribution in [-0.2, 0) is 6.42 Å². The van der Waals surface area contributed by atoms with Crippen LogP contribution in [0.5, 0.6) is 0 Å². The summed E-state index contributed by atoms with van der Waals surface area (Å²) in [6.45, 7) is 2.91. The SMILES string of the molecule is CCNC(Cc1c(F)cccc1F)C1CC2CC2C1. The first kappa shape index (κ1) is 13.0. The molecule has 0 amide bonds. The lowest BCUT2D eigenvalue weighted by molar-refractivity contribution is 0.331. The fourth-order valence-electron chi connectivity index (χ4n) is 3.71. The van der Waals surface area contributed by atoms with Gasteiger partial charge in [-0.1, -0.05) is 13.0 Å². The number of rotatable bonds is 5. The summed E-state index contributed by atoms with van der Waals surface area (Å²) in [5.74, 6) is 1.56. The van der Waals surface area contributed by atoms with Crippen LogP contribution in [0.25, 0.3) is 0 Å². The Balaban J connectivity index is 1.73. The number of likely N-dealkylation sites (N-methyl/N-ethyl adjacent to an activating group) is 1. The second-order valence-electron chi connectivity index (χ2n) is 6.06. The monoisotopic (exact) mass is 265 g/mol. The lowest BCUT2D eigenvalue weighted by Crippen LogP contribution is -2.38. The molecule has 2 aliphatic carbocycles.